The molecule has 2 aromatic carbocycles. The minimum absolute atomic E-state index is 0.103. The highest BCUT2D eigenvalue weighted by Gasteiger charge is 2.34. The molecule has 0 radical (unpaired) electrons. The third-order valence-electron chi connectivity index (χ3n) is 6.09. The van der Waals surface area contributed by atoms with Crippen LogP contribution in [0.4, 0.5) is 4.79 Å². The molecule has 164 valence electrons. The SMILES string of the molecule is COc1ccc(Br)c(CC2CCN(CC3CC(=O)N(Cc4ccccc4)C(=O)N3)C2)c1. The van der Waals surface area contributed by atoms with Crippen LogP contribution in [-0.4, -0.2) is 54.5 Å². The van der Waals surface area contributed by atoms with Gasteiger partial charge in [0.05, 0.1) is 19.7 Å². The second kappa shape index (κ2) is 9.83. The Bertz CT molecular complexity index is 919. The molecule has 2 aromatic rings. The maximum absolute atomic E-state index is 12.6. The summed E-state index contributed by atoms with van der Waals surface area (Å²) in [6.45, 7) is 2.99. The van der Waals surface area contributed by atoms with Gasteiger partial charge in [-0.1, -0.05) is 46.3 Å². The number of likely N-dealkylation sites (tertiary alicyclic amines) is 1. The van der Waals surface area contributed by atoms with E-state index in [0.717, 1.165) is 41.7 Å². The van der Waals surface area contributed by atoms with E-state index in [9.17, 15) is 9.59 Å². The first-order chi connectivity index (χ1) is 15.0. The van der Waals surface area contributed by atoms with Crippen LogP contribution in [0.5, 0.6) is 5.75 Å². The van der Waals surface area contributed by atoms with E-state index in [0.29, 0.717) is 25.4 Å². The van der Waals surface area contributed by atoms with Gasteiger partial charge in [-0.3, -0.25) is 9.69 Å². The van der Waals surface area contributed by atoms with Crippen molar-refractivity contribution in [2.75, 3.05) is 26.7 Å². The summed E-state index contributed by atoms with van der Waals surface area (Å²) in [5.74, 6) is 1.32. The number of carbonyl (C=O) groups excluding carboxylic acids is 2. The van der Waals surface area contributed by atoms with Crippen molar-refractivity contribution in [1.82, 2.24) is 15.1 Å². The largest absolute Gasteiger partial charge is 0.497 e. The number of nitrogens with one attached hydrogen (secondary N) is 1. The van der Waals surface area contributed by atoms with E-state index in [1.165, 1.54) is 10.5 Å². The van der Waals surface area contributed by atoms with Gasteiger partial charge in [0.15, 0.2) is 0 Å². The van der Waals surface area contributed by atoms with Gasteiger partial charge in [-0.2, -0.15) is 0 Å². The lowest BCUT2D eigenvalue weighted by Crippen LogP contribution is -2.57. The monoisotopic (exact) mass is 485 g/mol. The fourth-order valence-corrected chi connectivity index (χ4v) is 4.88. The molecule has 2 aliphatic rings. The van der Waals surface area contributed by atoms with Gasteiger partial charge in [0.2, 0.25) is 5.91 Å². The highest BCUT2D eigenvalue weighted by molar-refractivity contribution is 9.10. The topological polar surface area (TPSA) is 61.9 Å². The van der Waals surface area contributed by atoms with E-state index in [2.05, 4.69) is 32.2 Å². The van der Waals surface area contributed by atoms with E-state index >= 15 is 0 Å². The molecule has 0 saturated carbocycles. The third-order valence-corrected chi connectivity index (χ3v) is 6.86. The van der Waals surface area contributed by atoms with Gasteiger partial charge in [0.25, 0.3) is 0 Å². The number of hydrogen-bond donors (Lipinski definition) is 1. The Morgan fingerprint density at radius 2 is 1.97 bits per heavy atom. The fourth-order valence-electron chi connectivity index (χ4n) is 4.48. The van der Waals surface area contributed by atoms with Crippen LogP contribution in [0.2, 0.25) is 0 Å². The Hall–Kier alpha value is -2.38. The van der Waals surface area contributed by atoms with Crippen molar-refractivity contribution < 1.29 is 14.3 Å². The number of carbonyl (C=O) groups is 2. The standard InChI is InChI=1S/C24H28BrN3O3/c1-31-21-7-8-22(25)19(12-21)11-18-9-10-27(14-18)16-20-13-23(29)28(24(30)26-20)15-17-5-3-2-4-6-17/h2-8,12,18,20H,9-11,13-16H2,1H3,(H,26,30). The first-order valence-electron chi connectivity index (χ1n) is 10.7. The molecule has 0 bridgehead atoms. The summed E-state index contributed by atoms with van der Waals surface area (Å²) in [7, 11) is 1.69. The summed E-state index contributed by atoms with van der Waals surface area (Å²) in [5.41, 5.74) is 2.21. The number of nitrogens with zero attached hydrogens (tertiary/aromatic N) is 2. The quantitative estimate of drug-likeness (QED) is 0.647. The number of ether oxygens (including phenoxy) is 1. The molecule has 0 aromatic heterocycles. The van der Waals surface area contributed by atoms with Crippen LogP contribution < -0.4 is 10.1 Å². The summed E-state index contributed by atoms with van der Waals surface area (Å²) in [4.78, 5) is 28.9. The molecule has 4 rings (SSSR count). The van der Waals surface area contributed by atoms with Gasteiger partial charge in [0, 0.05) is 24.0 Å². The van der Waals surface area contributed by atoms with Gasteiger partial charge in [-0.05, 0) is 54.6 Å². The lowest BCUT2D eigenvalue weighted by molar-refractivity contribution is -0.130. The summed E-state index contributed by atoms with van der Waals surface area (Å²) in [6.07, 6.45) is 2.44. The first-order valence-corrected chi connectivity index (χ1v) is 11.5. The molecule has 6 nitrogen and oxygen atoms in total. The Balaban J connectivity index is 1.29. The number of halogens is 1. The molecular weight excluding hydrogens is 458 g/mol. The predicted octanol–water partition coefficient (Wildman–Crippen LogP) is 3.83. The van der Waals surface area contributed by atoms with E-state index in [1.54, 1.807) is 7.11 Å². The van der Waals surface area contributed by atoms with Crippen LogP contribution in [0.3, 0.4) is 0 Å². The fraction of sp³-hybridized carbons (Fsp3) is 0.417. The van der Waals surface area contributed by atoms with Gasteiger partial charge >= 0.3 is 6.03 Å². The highest BCUT2D eigenvalue weighted by Crippen LogP contribution is 2.28. The number of urea groups is 1. The lowest BCUT2D eigenvalue weighted by Gasteiger charge is -2.33. The van der Waals surface area contributed by atoms with Crippen LogP contribution in [0.25, 0.3) is 0 Å². The average Bonchev–Trinajstić information content (AvgIpc) is 3.20. The Morgan fingerprint density at radius 3 is 2.71 bits per heavy atom. The Kier molecular flexibility index (Phi) is 6.92. The van der Waals surface area contributed by atoms with Gasteiger partial charge in [-0.15, -0.1) is 0 Å². The second-order valence-electron chi connectivity index (χ2n) is 8.39. The lowest BCUT2D eigenvalue weighted by atomic mass is 9.98. The van der Waals surface area contributed by atoms with Crippen LogP contribution in [0.15, 0.2) is 53.0 Å². The smallest absolute Gasteiger partial charge is 0.324 e. The van der Waals surface area contributed by atoms with Crippen molar-refractivity contribution in [3.63, 3.8) is 0 Å². The molecule has 2 fully saturated rings. The van der Waals surface area contributed by atoms with Crippen molar-refractivity contribution in [3.8, 4) is 5.75 Å². The number of rotatable bonds is 7. The summed E-state index contributed by atoms with van der Waals surface area (Å²) < 4.78 is 6.46. The number of benzene rings is 2. The minimum Gasteiger partial charge on any atom is -0.497 e. The molecule has 0 spiro atoms. The molecule has 3 amide bonds. The summed E-state index contributed by atoms with van der Waals surface area (Å²) >= 11 is 3.65. The molecule has 2 aliphatic heterocycles. The molecule has 2 atom stereocenters. The van der Waals surface area contributed by atoms with E-state index in [-0.39, 0.29) is 18.0 Å². The van der Waals surface area contributed by atoms with Crippen LogP contribution >= 0.6 is 15.9 Å². The van der Waals surface area contributed by atoms with Gasteiger partial charge < -0.3 is 15.0 Å². The van der Waals surface area contributed by atoms with Crippen molar-refractivity contribution in [2.24, 2.45) is 5.92 Å². The molecule has 2 saturated heterocycles. The van der Waals surface area contributed by atoms with Crippen LogP contribution in [-0.2, 0) is 17.8 Å². The van der Waals surface area contributed by atoms with Gasteiger partial charge in [-0.25, -0.2) is 4.79 Å². The molecule has 1 N–H and O–H groups in total. The second-order valence-corrected chi connectivity index (χ2v) is 9.25. The van der Waals surface area contributed by atoms with E-state index in [1.807, 2.05) is 42.5 Å². The molecular formula is C24H28BrN3O3. The Labute approximate surface area is 191 Å². The molecule has 31 heavy (non-hydrogen) atoms. The third kappa shape index (κ3) is 5.46. The maximum Gasteiger partial charge on any atom is 0.324 e. The van der Waals surface area contributed by atoms with Crippen LogP contribution in [0, 0.1) is 5.92 Å². The number of hydrogen-bond acceptors (Lipinski definition) is 4. The molecule has 2 unspecified atom stereocenters. The first kappa shape index (κ1) is 21.8. The molecule has 0 aliphatic carbocycles. The van der Waals surface area contributed by atoms with Crippen molar-refractivity contribution in [3.05, 3.63) is 64.1 Å². The van der Waals surface area contributed by atoms with E-state index in [4.69, 9.17) is 4.74 Å². The average molecular weight is 486 g/mol. The zero-order valence-electron chi connectivity index (χ0n) is 17.7. The highest BCUT2D eigenvalue weighted by atomic mass is 79.9. The number of methoxy groups -OCH3 is 1. The van der Waals surface area contributed by atoms with Crippen LogP contribution in [0.1, 0.15) is 24.0 Å². The summed E-state index contributed by atoms with van der Waals surface area (Å²) in [5, 5.41) is 3.03. The van der Waals surface area contributed by atoms with Crippen molar-refractivity contribution in [2.45, 2.75) is 31.8 Å². The molecule has 2 heterocycles. The van der Waals surface area contributed by atoms with Crippen molar-refractivity contribution >= 4 is 27.9 Å². The van der Waals surface area contributed by atoms with Crippen molar-refractivity contribution in [1.29, 1.82) is 0 Å². The zero-order chi connectivity index (χ0) is 21.8. The molecule has 7 heteroatoms. The minimum atomic E-state index is -0.291. The Morgan fingerprint density at radius 1 is 1.16 bits per heavy atom. The van der Waals surface area contributed by atoms with E-state index < -0.39 is 0 Å². The maximum atomic E-state index is 12.6. The number of amides is 3. The van der Waals surface area contributed by atoms with Gasteiger partial charge in [0.1, 0.15) is 5.75 Å². The zero-order valence-corrected chi connectivity index (χ0v) is 19.3. The summed E-state index contributed by atoms with van der Waals surface area (Å²) in [6, 6.07) is 15.3. The number of imide groups is 1. The normalized spacial score (nSPS) is 21.9. The predicted molar refractivity (Wildman–Crippen MR) is 123 cm³/mol.